The molecule has 5 nitrogen and oxygen atoms in total. The number of carbonyl (C=O) groups excluding carboxylic acids is 1. The van der Waals surface area contributed by atoms with Crippen LogP contribution in [0.1, 0.15) is 19.8 Å². The van der Waals surface area contributed by atoms with Crippen molar-refractivity contribution >= 4 is 5.97 Å². The molecular weight excluding hydrogens is 186 g/mol. The molecule has 0 aromatic heterocycles. The van der Waals surface area contributed by atoms with Crippen molar-refractivity contribution in [3.8, 4) is 6.07 Å². The van der Waals surface area contributed by atoms with Gasteiger partial charge in [0.15, 0.2) is 5.79 Å². The Balaban J connectivity index is 2.51. The molecule has 0 spiro atoms. The zero-order valence-electron chi connectivity index (χ0n) is 8.12. The highest BCUT2D eigenvalue weighted by Crippen LogP contribution is 2.27. The van der Waals surface area contributed by atoms with Crippen LogP contribution in [0.15, 0.2) is 0 Å². The van der Waals surface area contributed by atoms with Crippen LogP contribution in [0.25, 0.3) is 0 Å². The SMILES string of the molecule is CCOC(=O)CC1(CC#N)OCCO1. The molecule has 5 heteroatoms. The van der Waals surface area contributed by atoms with Gasteiger partial charge in [-0.3, -0.25) is 4.79 Å². The van der Waals surface area contributed by atoms with E-state index in [1.165, 1.54) is 0 Å². The number of carbonyl (C=O) groups is 1. The number of nitrogens with zero attached hydrogens (tertiary/aromatic N) is 1. The second kappa shape index (κ2) is 4.94. The number of rotatable bonds is 4. The molecule has 0 N–H and O–H groups in total. The zero-order valence-corrected chi connectivity index (χ0v) is 8.12. The fourth-order valence-electron chi connectivity index (χ4n) is 1.32. The Morgan fingerprint density at radius 2 is 2.21 bits per heavy atom. The summed E-state index contributed by atoms with van der Waals surface area (Å²) in [6, 6.07) is 1.94. The summed E-state index contributed by atoms with van der Waals surface area (Å²) in [5, 5.41) is 8.57. The second-order valence-electron chi connectivity index (χ2n) is 2.92. The zero-order chi connectivity index (χ0) is 10.4. The minimum absolute atomic E-state index is 0.0194. The molecule has 1 aliphatic rings. The van der Waals surface area contributed by atoms with Crippen molar-refractivity contribution in [1.82, 2.24) is 0 Å². The van der Waals surface area contributed by atoms with Gasteiger partial charge in [0.2, 0.25) is 0 Å². The summed E-state index contributed by atoms with van der Waals surface area (Å²) < 4.78 is 15.3. The minimum Gasteiger partial charge on any atom is -0.466 e. The molecule has 1 fully saturated rings. The van der Waals surface area contributed by atoms with E-state index in [1.807, 2.05) is 6.07 Å². The Labute approximate surface area is 82.5 Å². The van der Waals surface area contributed by atoms with Gasteiger partial charge in [-0.1, -0.05) is 0 Å². The van der Waals surface area contributed by atoms with Crippen molar-refractivity contribution in [3.63, 3.8) is 0 Å². The number of hydrogen-bond donors (Lipinski definition) is 0. The van der Waals surface area contributed by atoms with Crippen LogP contribution >= 0.6 is 0 Å². The molecule has 0 radical (unpaired) electrons. The largest absolute Gasteiger partial charge is 0.466 e. The molecule has 0 bridgehead atoms. The summed E-state index contributed by atoms with van der Waals surface area (Å²) in [5.74, 6) is -1.47. The highest BCUT2D eigenvalue weighted by Gasteiger charge is 2.39. The molecule has 1 rings (SSSR count). The van der Waals surface area contributed by atoms with E-state index in [2.05, 4.69) is 0 Å². The molecule has 0 aromatic carbocycles. The van der Waals surface area contributed by atoms with E-state index in [-0.39, 0.29) is 12.8 Å². The van der Waals surface area contributed by atoms with Crippen LogP contribution in [0, 0.1) is 11.3 Å². The fraction of sp³-hybridized carbons (Fsp3) is 0.778. The fourth-order valence-corrected chi connectivity index (χ4v) is 1.32. The highest BCUT2D eigenvalue weighted by molar-refractivity contribution is 5.70. The first-order valence-corrected chi connectivity index (χ1v) is 4.53. The average Bonchev–Trinajstić information content (AvgIpc) is 2.54. The molecule has 0 saturated carbocycles. The Kier molecular flexibility index (Phi) is 3.86. The predicted octanol–water partition coefficient (Wildman–Crippen LogP) is 0.596. The monoisotopic (exact) mass is 199 g/mol. The van der Waals surface area contributed by atoms with Crippen LogP contribution in [0.5, 0.6) is 0 Å². The van der Waals surface area contributed by atoms with Gasteiger partial charge in [0.1, 0.15) is 6.42 Å². The maximum Gasteiger partial charge on any atom is 0.311 e. The van der Waals surface area contributed by atoms with Crippen LogP contribution in [-0.2, 0) is 19.0 Å². The maximum absolute atomic E-state index is 11.2. The molecule has 0 unspecified atom stereocenters. The predicted molar refractivity (Wildman–Crippen MR) is 46.1 cm³/mol. The third kappa shape index (κ3) is 2.69. The van der Waals surface area contributed by atoms with E-state index in [0.29, 0.717) is 19.8 Å². The van der Waals surface area contributed by atoms with Crippen LogP contribution < -0.4 is 0 Å². The molecule has 0 aromatic rings. The Hall–Kier alpha value is -1.12. The molecule has 78 valence electrons. The second-order valence-corrected chi connectivity index (χ2v) is 2.92. The van der Waals surface area contributed by atoms with Crippen molar-refractivity contribution in [3.05, 3.63) is 0 Å². The van der Waals surface area contributed by atoms with Crippen molar-refractivity contribution in [2.24, 2.45) is 0 Å². The van der Waals surface area contributed by atoms with E-state index < -0.39 is 11.8 Å². The Bertz CT molecular complexity index is 240. The van der Waals surface area contributed by atoms with Gasteiger partial charge in [-0.2, -0.15) is 5.26 Å². The summed E-state index contributed by atoms with van der Waals surface area (Å²) in [7, 11) is 0. The third-order valence-electron chi connectivity index (χ3n) is 1.88. The smallest absolute Gasteiger partial charge is 0.311 e. The van der Waals surface area contributed by atoms with Crippen molar-refractivity contribution < 1.29 is 19.0 Å². The summed E-state index contributed by atoms with van der Waals surface area (Å²) in [6.07, 6.45) is 0.0280. The first kappa shape index (κ1) is 11.0. The van der Waals surface area contributed by atoms with Crippen LogP contribution in [0.3, 0.4) is 0 Å². The molecule has 0 amide bonds. The number of ether oxygens (including phenoxy) is 3. The topological polar surface area (TPSA) is 68.6 Å². The van der Waals surface area contributed by atoms with Crippen molar-refractivity contribution in [2.45, 2.75) is 25.6 Å². The normalized spacial score (nSPS) is 18.9. The van der Waals surface area contributed by atoms with E-state index in [0.717, 1.165) is 0 Å². The van der Waals surface area contributed by atoms with E-state index in [4.69, 9.17) is 19.5 Å². The molecule has 0 atom stereocenters. The number of esters is 1. The molecule has 0 aliphatic carbocycles. The van der Waals surface area contributed by atoms with Gasteiger partial charge >= 0.3 is 5.97 Å². The summed E-state index contributed by atoms with van der Waals surface area (Å²) in [6.45, 7) is 2.88. The lowest BCUT2D eigenvalue weighted by atomic mass is 10.1. The minimum atomic E-state index is -1.07. The first-order chi connectivity index (χ1) is 6.72. The lowest BCUT2D eigenvalue weighted by Crippen LogP contribution is -2.33. The Morgan fingerprint density at radius 1 is 1.57 bits per heavy atom. The average molecular weight is 199 g/mol. The number of nitriles is 1. The quantitative estimate of drug-likeness (QED) is 0.620. The third-order valence-corrected chi connectivity index (χ3v) is 1.88. The van der Waals surface area contributed by atoms with Gasteiger partial charge in [0, 0.05) is 0 Å². The van der Waals surface area contributed by atoms with Gasteiger partial charge in [-0.25, -0.2) is 0 Å². The van der Waals surface area contributed by atoms with Gasteiger partial charge < -0.3 is 14.2 Å². The van der Waals surface area contributed by atoms with Crippen molar-refractivity contribution in [1.29, 1.82) is 5.26 Å². The van der Waals surface area contributed by atoms with Gasteiger partial charge in [-0.15, -0.1) is 0 Å². The van der Waals surface area contributed by atoms with Crippen LogP contribution in [0.2, 0.25) is 0 Å². The van der Waals surface area contributed by atoms with E-state index in [1.54, 1.807) is 6.92 Å². The van der Waals surface area contributed by atoms with E-state index >= 15 is 0 Å². The van der Waals surface area contributed by atoms with E-state index in [9.17, 15) is 4.79 Å². The lowest BCUT2D eigenvalue weighted by molar-refractivity contribution is -0.180. The molecule has 1 aliphatic heterocycles. The first-order valence-electron chi connectivity index (χ1n) is 4.53. The maximum atomic E-state index is 11.2. The Morgan fingerprint density at radius 3 is 2.71 bits per heavy atom. The molecule has 1 saturated heterocycles. The number of hydrogen-bond acceptors (Lipinski definition) is 5. The van der Waals surface area contributed by atoms with Gasteiger partial charge in [0.25, 0.3) is 0 Å². The van der Waals surface area contributed by atoms with Crippen LogP contribution in [-0.4, -0.2) is 31.6 Å². The summed E-state index contributed by atoms with van der Waals surface area (Å²) >= 11 is 0. The van der Waals surface area contributed by atoms with Gasteiger partial charge in [-0.05, 0) is 6.92 Å². The molecule has 14 heavy (non-hydrogen) atoms. The highest BCUT2D eigenvalue weighted by atomic mass is 16.7. The summed E-state index contributed by atoms with van der Waals surface area (Å²) in [5.41, 5.74) is 0. The van der Waals surface area contributed by atoms with Gasteiger partial charge in [0.05, 0.1) is 32.3 Å². The summed E-state index contributed by atoms with van der Waals surface area (Å²) in [4.78, 5) is 11.2. The van der Waals surface area contributed by atoms with Crippen LogP contribution in [0.4, 0.5) is 0 Å². The standard InChI is InChI=1S/C9H13NO4/c1-2-12-8(11)7-9(3-4-10)13-5-6-14-9/h2-3,5-7H2,1H3. The molecular formula is C9H13NO4. The lowest BCUT2D eigenvalue weighted by Gasteiger charge is -2.22. The molecule has 1 heterocycles. The van der Waals surface area contributed by atoms with Crippen molar-refractivity contribution in [2.75, 3.05) is 19.8 Å².